The van der Waals surface area contributed by atoms with Gasteiger partial charge in [0.25, 0.3) is 11.8 Å². The number of ether oxygens (including phenoxy) is 1. The Hall–Kier alpha value is -2.90. The van der Waals surface area contributed by atoms with E-state index in [-0.39, 0.29) is 0 Å². The first-order valence-electron chi connectivity index (χ1n) is 8.50. The highest BCUT2D eigenvalue weighted by atomic mass is 16.5. The van der Waals surface area contributed by atoms with Gasteiger partial charge in [-0.15, -0.1) is 0 Å². The molecule has 4 amide bonds. The van der Waals surface area contributed by atoms with Crippen LogP contribution in [0, 0.1) is 0 Å². The molecule has 0 aliphatic carbocycles. The van der Waals surface area contributed by atoms with Crippen molar-refractivity contribution in [2.24, 2.45) is 0 Å². The van der Waals surface area contributed by atoms with Crippen LogP contribution in [0.5, 0.6) is 0 Å². The summed E-state index contributed by atoms with van der Waals surface area (Å²) >= 11 is 0. The fourth-order valence-electron chi connectivity index (χ4n) is 2.58. The summed E-state index contributed by atoms with van der Waals surface area (Å²) < 4.78 is 4.84. The molecule has 1 fully saturated rings. The predicted octanol–water partition coefficient (Wildman–Crippen LogP) is 0.913. The van der Waals surface area contributed by atoms with Crippen LogP contribution in [-0.4, -0.2) is 48.4 Å². The first kappa shape index (κ1) is 19.4. The van der Waals surface area contributed by atoms with Gasteiger partial charge >= 0.3 is 12.0 Å². The molecule has 2 rings (SSSR count). The van der Waals surface area contributed by atoms with Crippen molar-refractivity contribution in [2.75, 3.05) is 19.7 Å². The molecule has 0 aromatic heterocycles. The number of imide groups is 1. The van der Waals surface area contributed by atoms with E-state index < -0.39 is 42.5 Å². The number of benzene rings is 1. The van der Waals surface area contributed by atoms with Gasteiger partial charge < -0.3 is 15.4 Å². The van der Waals surface area contributed by atoms with Crippen LogP contribution in [0.15, 0.2) is 30.3 Å². The van der Waals surface area contributed by atoms with Gasteiger partial charge in [0.1, 0.15) is 12.1 Å². The summed E-state index contributed by atoms with van der Waals surface area (Å²) in [6.07, 6.45) is 1.77. The standard InChI is InChI=1S/C18H23N3O5/c1-3-4-10-19-14(22)12-26-15(23)11-21-16(24)18(2,20-17(21)25)13-8-6-5-7-9-13/h5-9H,3-4,10-12H2,1-2H3,(H,19,22)(H,20,25)/t18-/m1/s1. The van der Waals surface area contributed by atoms with E-state index in [0.717, 1.165) is 17.7 Å². The lowest BCUT2D eigenvalue weighted by molar-refractivity contribution is -0.151. The molecular formula is C18H23N3O5. The molecule has 1 saturated heterocycles. The molecule has 1 aliphatic rings. The van der Waals surface area contributed by atoms with Gasteiger partial charge in [-0.25, -0.2) is 4.79 Å². The number of amides is 4. The van der Waals surface area contributed by atoms with Crippen molar-refractivity contribution >= 4 is 23.8 Å². The Bertz CT molecular complexity index is 691. The molecule has 1 heterocycles. The fraction of sp³-hybridized carbons (Fsp3) is 0.444. The van der Waals surface area contributed by atoms with E-state index in [1.165, 1.54) is 0 Å². The summed E-state index contributed by atoms with van der Waals surface area (Å²) in [5, 5.41) is 5.21. The van der Waals surface area contributed by atoms with Crippen LogP contribution < -0.4 is 10.6 Å². The highest BCUT2D eigenvalue weighted by molar-refractivity contribution is 6.08. The van der Waals surface area contributed by atoms with E-state index in [4.69, 9.17) is 4.74 Å². The van der Waals surface area contributed by atoms with E-state index >= 15 is 0 Å². The van der Waals surface area contributed by atoms with Crippen molar-refractivity contribution in [2.45, 2.75) is 32.2 Å². The van der Waals surface area contributed by atoms with Gasteiger partial charge in [0.2, 0.25) is 0 Å². The molecule has 2 N–H and O–H groups in total. The van der Waals surface area contributed by atoms with E-state index in [9.17, 15) is 19.2 Å². The first-order valence-corrected chi connectivity index (χ1v) is 8.50. The SMILES string of the molecule is CCCCNC(=O)COC(=O)CN1C(=O)N[C@](C)(c2ccccc2)C1=O. The third-order valence-corrected chi connectivity index (χ3v) is 4.13. The van der Waals surface area contributed by atoms with E-state index in [0.29, 0.717) is 12.1 Å². The molecule has 26 heavy (non-hydrogen) atoms. The lowest BCUT2D eigenvalue weighted by Crippen LogP contribution is -2.42. The van der Waals surface area contributed by atoms with E-state index in [1.54, 1.807) is 37.3 Å². The second kappa shape index (κ2) is 8.46. The summed E-state index contributed by atoms with van der Waals surface area (Å²) in [5.74, 6) is -1.78. The van der Waals surface area contributed by atoms with Crippen molar-refractivity contribution in [3.8, 4) is 0 Å². The fourth-order valence-corrected chi connectivity index (χ4v) is 2.58. The molecule has 0 bridgehead atoms. The van der Waals surface area contributed by atoms with Gasteiger partial charge in [-0.2, -0.15) is 0 Å². The number of unbranched alkanes of at least 4 members (excludes halogenated alkanes) is 1. The Kier molecular flexibility index (Phi) is 6.32. The van der Waals surface area contributed by atoms with Gasteiger partial charge in [-0.1, -0.05) is 43.7 Å². The lowest BCUT2D eigenvalue weighted by atomic mass is 9.92. The summed E-state index contributed by atoms with van der Waals surface area (Å²) in [4.78, 5) is 49.0. The number of nitrogens with zero attached hydrogens (tertiary/aromatic N) is 1. The van der Waals surface area contributed by atoms with Crippen LogP contribution >= 0.6 is 0 Å². The highest BCUT2D eigenvalue weighted by Gasteiger charge is 2.49. The third-order valence-electron chi connectivity index (χ3n) is 4.13. The van der Waals surface area contributed by atoms with Crippen molar-refractivity contribution in [3.63, 3.8) is 0 Å². The number of rotatable bonds is 8. The number of carbonyl (C=O) groups is 4. The topological polar surface area (TPSA) is 105 Å². The minimum absolute atomic E-state index is 0.418. The zero-order chi connectivity index (χ0) is 19.2. The Morgan fingerprint density at radius 3 is 2.58 bits per heavy atom. The Morgan fingerprint density at radius 1 is 1.23 bits per heavy atom. The van der Waals surface area contributed by atoms with Gasteiger partial charge in [-0.3, -0.25) is 19.3 Å². The Morgan fingerprint density at radius 2 is 1.92 bits per heavy atom. The van der Waals surface area contributed by atoms with E-state index in [1.807, 2.05) is 6.92 Å². The largest absolute Gasteiger partial charge is 0.454 e. The maximum absolute atomic E-state index is 12.6. The molecule has 8 heteroatoms. The van der Waals surface area contributed by atoms with Crippen LogP contribution in [0.1, 0.15) is 32.3 Å². The van der Waals surface area contributed by atoms with Crippen LogP contribution in [0.4, 0.5) is 4.79 Å². The van der Waals surface area contributed by atoms with Gasteiger partial charge in [-0.05, 0) is 18.9 Å². The summed E-state index contributed by atoms with van der Waals surface area (Å²) in [6, 6.07) is 8.09. The van der Waals surface area contributed by atoms with Gasteiger partial charge in [0.05, 0.1) is 0 Å². The summed E-state index contributed by atoms with van der Waals surface area (Å²) in [6.45, 7) is 3.09. The van der Waals surface area contributed by atoms with Crippen molar-refractivity contribution in [1.82, 2.24) is 15.5 Å². The van der Waals surface area contributed by atoms with Crippen LogP contribution in [0.3, 0.4) is 0 Å². The molecule has 140 valence electrons. The van der Waals surface area contributed by atoms with Gasteiger partial charge in [0.15, 0.2) is 6.61 Å². The zero-order valence-corrected chi connectivity index (χ0v) is 14.9. The molecule has 0 radical (unpaired) electrons. The molecule has 1 aromatic carbocycles. The second-order valence-corrected chi connectivity index (χ2v) is 6.18. The van der Waals surface area contributed by atoms with Crippen LogP contribution in [-0.2, 0) is 24.7 Å². The highest BCUT2D eigenvalue weighted by Crippen LogP contribution is 2.28. The molecular weight excluding hydrogens is 338 g/mol. The molecule has 1 atom stereocenters. The molecule has 1 aliphatic heterocycles. The molecule has 0 saturated carbocycles. The van der Waals surface area contributed by atoms with Crippen LogP contribution in [0.25, 0.3) is 0 Å². The maximum Gasteiger partial charge on any atom is 0.326 e. The molecule has 1 aromatic rings. The number of hydrogen-bond acceptors (Lipinski definition) is 5. The van der Waals surface area contributed by atoms with E-state index in [2.05, 4.69) is 10.6 Å². The monoisotopic (exact) mass is 361 g/mol. The molecule has 0 spiro atoms. The smallest absolute Gasteiger partial charge is 0.326 e. The van der Waals surface area contributed by atoms with Crippen molar-refractivity contribution in [3.05, 3.63) is 35.9 Å². The third kappa shape index (κ3) is 4.38. The molecule has 8 nitrogen and oxygen atoms in total. The number of hydrogen-bond donors (Lipinski definition) is 2. The normalized spacial score (nSPS) is 19.2. The predicted molar refractivity (Wildman–Crippen MR) is 92.9 cm³/mol. The summed E-state index contributed by atoms with van der Waals surface area (Å²) in [7, 11) is 0. The number of nitrogens with one attached hydrogen (secondary N) is 2. The van der Waals surface area contributed by atoms with Gasteiger partial charge in [0, 0.05) is 6.54 Å². The number of urea groups is 1. The second-order valence-electron chi connectivity index (χ2n) is 6.18. The van der Waals surface area contributed by atoms with Crippen molar-refractivity contribution in [1.29, 1.82) is 0 Å². The molecule has 0 unspecified atom stereocenters. The number of carbonyl (C=O) groups excluding carboxylic acids is 4. The minimum Gasteiger partial charge on any atom is -0.454 e. The lowest BCUT2D eigenvalue weighted by Gasteiger charge is -2.21. The quantitative estimate of drug-likeness (QED) is 0.407. The van der Waals surface area contributed by atoms with Crippen molar-refractivity contribution < 1.29 is 23.9 Å². The Balaban J connectivity index is 1.91. The summed E-state index contributed by atoms with van der Waals surface area (Å²) in [5.41, 5.74) is -0.625. The van der Waals surface area contributed by atoms with Crippen LogP contribution in [0.2, 0.25) is 0 Å². The number of esters is 1. The maximum atomic E-state index is 12.6. The zero-order valence-electron chi connectivity index (χ0n) is 14.9. The average molecular weight is 361 g/mol. The Labute approximate surface area is 151 Å². The first-order chi connectivity index (χ1) is 12.4. The minimum atomic E-state index is -1.24. The average Bonchev–Trinajstić information content (AvgIpc) is 2.85.